The molecule has 0 radical (unpaired) electrons. The Morgan fingerprint density at radius 3 is 2.39 bits per heavy atom. The molecule has 1 unspecified atom stereocenters. The second-order valence-electron chi connectivity index (χ2n) is 7.52. The van der Waals surface area contributed by atoms with Gasteiger partial charge in [-0.25, -0.2) is 0 Å². The molecule has 0 aliphatic heterocycles. The van der Waals surface area contributed by atoms with Crippen molar-refractivity contribution in [3.63, 3.8) is 0 Å². The Hall–Kier alpha value is -1.86. The van der Waals surface area contributed by atoms with E-state index in [4.69, 9.17) is 0 Å². The number of hydrogen-bond acceptors (Lipinski definition) is 0. The van der Waals surface area contributed by atoms with Gasteiger partial charge < -0.3 is 0 Å². The van der Waals surface area contributed by atoms with Crippen LogP contribution in [-0.2, 0) is 6.42 Å². The molecule has 0 spiro atoms. The molecular formula is C22H24Si. The Morgan fingerprint density at radius 2 is 1.65 bits per heavy atom. The molecule has 2 aliphatic carbocycles. The molecule has 1 atom stereocenters. The third-order valence-electron chi connectivity index (χ3n) is 5.91. The van der Waals surface area contributed by atoms with Gasteiger partial charge in [-0.3, -0.25) is 0 Å². The summed E-state index contributed by atoms with van der Waals surface area (Å²) in [5.74, 6) is 0.567. The topological polar surface area (TPSA) is 0 Å². The van der Waals surface area contributed by atoms with Gasteiger partial charge in [-0.2, -0.15) is 0 Å². The summed E-state index contributed by atoms with van der Waals surface area (Å²) in [5, 5.41) is 3.42. The molecule has 23 heavy (non-hydrogen) atoms. The first-order valence-corrected chi connectivity index (χ1v) is 11.6. The van der Waals surface area contributed by atoms with Gasteiger partial charge in [-0.05, 0) is 47.1 Å². The smallest absolute Gasteiger partial charge is 0.0714 e. The van der Waals surface area contributed by atoms with E-state index in [1.54, 1.807) is 16.0 Å². The molecule has 0 saturated heterocycles. The molecule has 0 fully saturated rings. The molecule has 0 N–H and O–H groups in total. The molecule has 2 aromatic carbocycles. The predicted octanol–water partition coefficient (Wildman–Crippen LogP) is 6.00. The van der Waals surface area contributed by atoms with Crippen molar-refractivity contribution in [1.29, 1.82) is 0 Å². The van der Waals surface area contributed by atoms with Gasteiger partial charge in [0, 0.05) is 0 Å². The fourth-order valence-electron chi connectivity index (χ4n) is 4.71. The van der Waals surface area contributed by atoms with Crippen molar-refractivity contribution in [3.05, 3.63) is 81.2 Å². The van der Waals surface area contributed by atoms with Gasteiger partial charge in [0.2, 0.25) is 0 Å². The van der Waals surface area contributed by atoms with Crippen LogP contribution in [0.15, 0.2) is 58.9 Å². The minimum absolute atomic E-state index is 0.567. The monoisotopic (exact) mass is 316 g/mol. The minimum Gasteiger partial charge on any atom is -0.0714 e. The van der Waals surface area contributed by atoms with E-state index in [9.17, 15) is 0 Å². The third-order valence-corrected chi connectivity index (χ3v) is 9.99. The predicted molar refractivity (Wildman–Crippen MR) is 103 cm³/mol. The fraction of sp³-hybridized carbons (Fsp3) is 0.273. The SMILES string of the molecule is CC1=C([Si](C)(C)C2=Cc3ccccc3C2)C(C)c2ccccc21. The second-order valence-corrected chi connectivity index (χ2v) is 11.9. The Bertz CT molecular complexity index is 852. The molecule has 1 heteroatoms. The van der Waals surface area contributed by atoms with Crippen LogP contribution in [0.3, 0.4) is 0 Å². The molecule has 2 aromatic rings. The summed E-state index contributed by atoms with van der Waals surface area (Å²) in [6.45, 7) is 9.84. The number of hydrogen-bond donors (Lipinski definition) is 0. The zero-order valence-corrected chi connectivity index (χ0v) is 15.5. The minimum atomic E-state index is -1.62. The Morgan fingerprint density at radius 1 is 0.957 bits per heavy atom. The first-order valence-electron chi connectivity index (χ1n) is 8.59. The lowest BCUT2D eigenvalue weighted by molar-refractivity contribution is 0.957. The summed E-state index contributed by atoms with van der Waals surface area (Å²) < 4.78 is 0. The van der Waals surface area contributed by atoms with E-state index in [2.05, 4.69) is 81.5 Å². The highest BCUT2D eigenvalue weighted by Gasteiger charge is 2.40. The van der Waals surface area contributed by atoms with Gasteiger partial charge in [-0.1, -0.05) is 85.0 Å². The van der Waals surface area contributed by atoms with Crippen LogP contribution in [0.4, 0.5) is 0 Å². The van der Waals surface area contributed by atoms with Crippen LogP contribution in [0.25, 0.3) is 11.6 Å². The van der Waals surface area contributed by atoms with E-state index >= 15 is 0 Å². The number of rotatable bonds is 2. The van der Waals surface area contributed by atoms with Gasteiger partial charge in [0.25, 0.3) is 0 Å². The molecule has 0 heterocycles. The van der Waals surface area contributed by atoms with Crippen LogP contribution in [-0.4, -0.2) is 8.07 Å². The van der Waals surface area contributed by atoms with Crippen molar-refractivity contribution in [3.8, 4) is 0 Å². The average molecular weight is 317 g/mol. The molecule has 0 saturated carbocycles. The van der Waals surface area contributed by atoms with Gasteiger partial charge >= 0.3 is 0 Å². The van der Waals surface area contributed by atoms with E-state index in [0.29, 0.717) is 5.92 Å². The van der Waals surface area contributed by atoms with Crippen LogP contribution in [0.5, 0.6) is 0 Å². The summed E-state index contributed by atoms with van der Waals surface area (Å²) in [6, 6.07) is 17.9. The van der Waals surface area contributed by atoms with E-state index in [1.807, 2.05) is 0 Å². The molecule has 0 aromatic heterocycles. The molecule has 0 amide bonds. The first kappa shape index (κ1) is 14.7. The fourth-order valence-corrected chi connectivity index (χ4v) is 8.51. The van der Waals surface area contributed by atoms with E-state index in [1.165, 1.54) is 22.3 Å². The molecular weight excluding hydrogens is 292 g/mol. The highest BCUT2D eigenvalue weighted by molar-refractivity contribution is 6.92. The zero-order chi connectivity index (χ0) is 16.2. The summed E-state index contributed by atoms with van der Waals surface area (Å²) >= 11 is 0. The van der Waals surface area contributed by atoms with Crippen molar-refractivity contribution in [2.75, 3.05) is 0 Å². The Balaban J connectivity index is 1.78. The van der Waals surface area contributed by atoms with Crippen LogP contribution in [0, 0.1) is 0 Å². The lowest BCUT2D eigenvalue weighted by Crippen LogP contribution is -2.34. The van der Waals surface area contributed by atoms with Crippen molar-refractivity contribution in [2.45, 2.75) is 39.3 Å². The lowest BCUT2D eigenvalue weighted by atomic mass is 10.0. The standard InChI is InChI=1S/C22H24Si/c1-15-20-11-7-8-12-21(20)16(2)22(15)23(3,4)19-13-17-9-5-6-10-18(17)14-19/h5-13,15H,14H2,1-4H3. The molecule has 2 aliphatic rings. The summed E-state index contributed by atoms with van der Waals surface area (Å²) in [4.78, 5) is 0. The average Bonchev–Trinajstić information content (AvgIpc) is 3.09. The van der Waals surface area contributed by atoms with Crippen molar-refractivity contribution in [2.24, 2.45) is 0 Å². The van der Waals surface area contributed by atoms with E-state index < -0.39 is 8.07 Å². The summed E-state index contributed by atoms with van der Waals surface area (Å²) in [6.07, 6.45) is 3.63. The number of benzene rings is 2. The highest BCUT2D eigenvalue weighted by Crippen LogP contribution is 2.48. The van der Waals surface area contributed by atoms with Crippen LogP contribution in [0.2, 0.25) is 13.1 Å². The molecule has 0 nitrogen and oxygen atoms in total. The maximum absolute atomic E-state index is 2.55. The number of allylic oxidation sites excluding steroid dienone is 3. The van der Waals surface area contributed by atoms with E-state index in [0.717, 1.165) is 6.42 Å². The molecule has 4 rings (SSSR count). The zero-order valence-electron chi connectivity index (χ0n) is 14.5. The maximum Gasteiger partial charge on any atom is 0.104 e. The quantitative estimate of drug-likeness (QED) is 0.596. The third kappa shape index (κ3) is 2.10. The largest absolute Gasteiger partial charge is 0.104 e. The van der Waals surface area contributed by atoms with Crippen molar-refractivity contribution < 1.29 is 0 Å². The first-order chi connectivity index (χ1) is 11.0. The second kappa shape index (κ2) is 5.07. The van der Waals surface area contributed by atoms with Gasteiger partial charge in [0.1, 0.15) is 8.07 Å². The highest BCUT2D eigenvalue weighted by atomic mass is 28.3. The normalized spacial score (nSPS) is 19.7. The molecule has 0 bridgehead atoms. The summed E-state index contributed by atoms with van der Waals surface area (Å²) in [7, 11) is -1.62. The van der Waals surface area contributed by atoms with Crippen molar-refractivity contribution >= 4 is 19.7 Å². The van der Waals surface area contributed by atoms with Crippen LogP contribution in [0.1, 0.15) is 42.0 Å². The van der Waals surface area contributed by atoms with Gasteiger partial charge in [0.15, 0.2) is 0 Å². The van der Waals surface area contributed by atoms with Gasteiger partial charge in [0.05, 0.1) is 0 Å². The Kier molecular flexibility index (Phi) is 3.24. The maximum atomic E-state index is 2.55. The van der Waals surface area contributed by atoms with Crippen LogP contribution < -0.4 is 0 Å². The van der Waals surface area contributed by atoms with Crippen molar-refractivity contribution in [1.82, 2.24) is 0 Å². The summed E-state index contributed by atoms with van der Waals surface area (Å²) in [5.41, 5.74) is 7.49. The lowest BCUT2D eigenvalue weighted by Gasteiger charge is -2.30. The van der Waals surface area contributed by atoms with E-state index in [-0.39, 0.29) is 0 Å². The molecule has 116 valence electrons. The Labute approximate surface area is 140 Å². The number of fused-ring (bicyclic) bond motifs is 2. The van der Waals surface area contributed by atoms with Crippen LogP contribution >= 0.6 is 0 Å². The van der Waals surface area contributed by atoms with Gasteiger partial charge in [-0.15, -0.1) is 0 Å².